The molecule has 1 atom stereocenters. The smallest absolute Gasteiger partial charge is 0.253 e. The number of H-pyrrole nitrogens is 1. The number of carbonyl (C=O) groups is 1. The minimum absolute atomic E-state index is 0.0232. The van der Waals surface area contributed by atoms with Crippen LogP contribution in [0.3, 0.4) is 0 Å². The van der Waals surface area contributed by atoms with E-state index in [0.717, 1.165) is 0 Å². The van der Waals surface area contributed by atoms with Gasteiger partial charge in [-0.3, -0.25) is 9.59 Å². The third kappa shape index (κ3) is 3.76. The SMILES string of the molecule is CCN(CC)C(=O)C(C)Sc1nc(N)cc(=O)[nH]1. The van der Waals surface area contributed by atoms with Gasteiger partial charge in [-0.2, -0.15) is 0 Å². The van der Waals surface area contributed by atoms with Gasteiger partial charge in [-0.05, 0) is 20.8 Å². The summed E-state index contributed by atoms with van der Waals surface area (Å²) in [6, 6.07) is 1.21. The van der Waals surface area contributed by atoms with Gasteiger partial charge >= 0.3 is 0 Å². The Labute approximate surface area is 110 Å². The van der Waals surface area contributed by atoms with E-state index in [1.807, 2.05) is 13.8 Å². The van der Waals surface area contributed by atoms with Crippen LogP contribution in [0.2, 0.25) is 0 Å². The monoisotopic (exact) mass is 270 g/mol. The number of aromatic nitrogens is 2. The fourth-order valence-corrected chi connectivity index (χ4v) is 2.42. The van der Waals surface area contributed by atoms with Crippen molar-refractivity contribution in [1.82, 2.24) is 14.9 Å². The Kier molecular flexibility index (Phi) is 5.21. The van der Waals surface area contributed by atoms with Gasteiger partial charge < -0.3 is 15.6 Å². The van der Waals surface area contributed by atoms with Crippen LogP contribution in [0.5, 0.6) is 0 Å². The van der Waals surface area contributed by atoms with Gasteiger partial charge in [0, 0.05) is 19.2 Å². The van der Waals surface area contributed by atoms with Crippen LogP contribution in [0.1, 0.15) is 20.8 Å². The van der Waals surface area contributed by atoms with Gasteiger partial charge in [-0.15, -0.1) is 0 Å². The number of nitrogens with two attached hydrogens (primary N) is 1. The summed E-state index contributed by atoms with van der Waals surface area (Å²) in [5.74, 6) is 0.179. The Morgan fingerprint density at radius 3 is 2.67 bits per heavy atom. The maximum Gasteiger partial charge on any atom is 0.253 e. The zero-order chi connectivity index (χ0) is 13.7. The summed E-state index contributed by atoms with van der Waals surface area (Å²) in [6.45, 7) is 6.98. The quantitative estimate of drug-likeness (QED) is 0.607. The highest BCUT2D eigenvalue weighted by molar-refractivity contribution is 8.00. The lowest BCUT2D eigenvalue weighted by Gasteiger charge is -2.22. The topological polar surface area (TPSA) is 92.1 Å². The number of thioether (sulfide) groups is 1. The number of nitrogen functional groups attached to an aromatic ring is 1. The fourth-order valence-electron chi connectivity index (χ4n) is 1.52. The normalized spacial score (nSPS) is 12.2. The molecule has 0 aliphatic rings. The van der Waals surface area contributed by atoms with Gasteiger partial charge in [0.25, 0.3) is 5.56 Å². The molecule has 0 aromatic carbocycles. The number of rotatable bonds is 5. The van der Waals surface area contributed by atoms with Crippen LogP contribution in [0.4, 0.5) is 5.82 Å². The number of anilines is 1. The molecule has 1 unspecified atom stereocenters. The van der Waals surface area contributed by atoms with Crippen molar-refractivity contribution in [2.24, 2.45) is 0 Å². The Bertz CT molecular complexity index is 470. The Hall–Kier alpha value is -1.50. The zero-order valence-electron chi connectivity index (χ0n) is 10.8. The first-order valence-corrected chi connectivity index (χ1v) is 6.68. The number of nitrogens with one attached hydrogen (secondary N) is 1. The van der Waals surface area contributed by atoms with Gasteiger partial charge in [0.1, 0.15) is 5.82 Å². The fraction of sp³-hybridized carbons (Fsp3) is 0.545. The van der Waals surface area contributed by atoms with Gasteiger partial charge in [-0.25, -0.2) is 4.98 Å². The molecule has 18 heavy (non-hydrogen) atoms. The molecule has 0 spiro atoms. The molecule has 1 amide bonds. The second-order valence-corrected chi connectivity index (χ2v) is 5.08. The number of amides is 1. The van der Waals surface area contributed by atoms with E-state index in [-0.39, 0.29) is 22.5 Å². The largest absolute Gasteiger partial charge is 0.383 e. The van der Waals surface area contributed by atoms with E-state index in [2.05, 4.69) is 9.97 Å². The molecular formula is C11H18N4O2S. The highest BCUT2D eigenvalue weighted by Crippen LogP contribution is 2.20. The molecule has 1 aromatic heterocycles. The van der Waals surface area contributed by atoms with E-state index in [1.165, 1.54) is 17.8 Å². The molecule has 0 aliphatic carbocycles. The molecule has 1 aromatic rings. The number of carbonyl (C=O) groups excluding carboxylic acids is 1. The van der Waals surface area contributed by atoms with Crippen molar-refractivity contribution in [2.45, 2.75) is 31.2 Å². The summed E-state index contributed by atoms with van der Waals surface area (Å²) >= 11 is 1.20. The summed E-state index contributed by atoms with van der Waals surface area (Å²) in [5, 5.41) is 0.0582. The first-order chi connectivity index (χ1) is 8.47. The van der Waals surface area contributed by atoms with Gasteiger partial charge in [0.2, 0.25) is 5.91 Å². The minimum atomic E-state index is -0.313. The maximum atomic E-state index is 12.0. The summed E-state index contributed by atoms with van der Waals surface area (Å²) in [5.41, 5.74) is 5.17. The Balaban J connectivity index is 2.77. The molecule has 1 heterocycles. The molecule has 1 rings (SSSR count). The first-order valence-electron chi connectivity index (χ1n) is 5.80. The van der Waals surface area contributed by atoms with Gasteiger partial charge in [0.05, 0.1) is 5.25 Å². The molecule has 0 bridgehead atoms. The van der Waals surface area contributed by atoms with E-state index in [9.17, 15) is 9.59 Å². The lowest BCUT2D eigenvalue weighted by Crippen LogP contribution is -2.36. The predicted molar refractivity (Wildman–Crippen MR) is 72.5 cm³/mol. The van der Waals surface area contributed by atoms with E-state index in [1.54, 1.807) is 11.8 Å². The second-order valence-electron chi connectivity index (χ2n) is 3.75. The zero-order valence-corrected chi connectivity index (χ0v) is 11.6. The van der Waals surface area contributed by atoms with Gasteiger partial charge in [-0.1, -0.05) is 11.8 Å². The molecule has 3 N–H and O–H groups in total. The van der Waals surface area contributed by atoms with Crippen molar-refractivity contribution in [3.8, 4) is 0 Å². The summed E-state index contributed by atoms with van der Waals surface area (Å²) < 4.78 is 0. The van der Waals surface area contributed by atoms with Crippen molar-refractivity contribution >= 4 is 23.5 Å². The molecule has 7 heteroatoms. The third-order valence-corrected chi connectivity index (χ3v) is 3.42. The molecular weight excluding hydrogens is 252 g/mol. The number of aromatic amines is 1. The molecule has 0 aliphatic heterocycles. The van der Waals surface area contributed by atoms with Crippen molar-refractivity contribution < 1.29 is 4.79 Å². The van der Waals surface area contributed by atoms with E-state index in [0.29, 0.717) is 18.2 Å². The lowest BCUT2D eigenvalue weighted by atomic mass is 10.4. The number of nitrogens with zero attached hydrogens (tertiary/aromatic N) is 2. The summed E-state index contributed by atoms with van der Waals surface area (Å²) in [6.07, 6.45) is 0. The van der Waals surface area contributed by atoms with Crippen molar-refractivity contribution in [2.75, 3.05) is 18.8 Å². The molecule has 0 radical (unpaired) electrons. The van der Waals surface area contributed by atoms with Crippen LogP contribution in [0, 0.1) is 0 Å². The average Bonchev–Trinajstić information content (AvgIpc) is 2.28. The highest BCUT2D eigenvalue weighted by Gasteiger charge is 2.20. The Morgan fingerprint density at radius 1 is 1.56 bits per heavy atom. The van der Waals surface area contributed by atoms with Crippen LogP contribution >= 0.6 is 11.8 Å². The van der Waals surface area contributed by atoms with E-state index < -0.39 is 0 Å². The minimum Gasteiger partial charge on any atom is -0.383 e. The average molecular weight is 270 g/mol. The van der Waals surface area contributed by atoms with Crippen LogP contribution in [-0.4, -0.2) is 39.1 Å². The van der Waals surface area contributed by atoms with E-state index in [4.69, 9.17) is 5.73 Å². The summed E-state index contributed by atoms with van der Waals surface area (Å²) in [7, 11) is 0. The van der Waals surface area contributed by atoms with Crippen molar-refractivity contribution in [1.29, 1.82) is 0 Å². The molecule has 0 fully saturated rings. The predicted octanol–water partition coefficient (Wildman–Crippen LogP) is 0.701. The van der Waals surface area contributed by atoms with Gasteiger partial charge in [0.15, 0.2) is 5.16 Å². The lowest BCUT2D eigenvalue weighted by molar-refractivity contribution is -0.129. The number of hydrogen-bond donors (Lipinski definition) is 2. The Morgan fingerprint density at radius 2 is 2.17 bits per heavy atom. The molecule has 0 saturated carbocycles. The van der Waals surface area contributed by atoms with E-state index >= 15 is 0 Å². The highest BCUT2D eigenvalue weighted by atomic mass is 32.2. The molecule has 100 valence electrons. The number of hydrogen-bond acceptors (Lipinski definition) is 5. The third-order valence-electron chi connectivity index (χ3n) is 2.45. The first kappa shape index (κ1) is 14.6. The molecule has 6 nitrogen and oxygen atoms in total. The van der Waals surface area contributed by atoms with Crippen molar-refractivity contribution in [3.05, 3.63) is 16.4 Å². The van der Waals surface area contributed by atoms with Crippen molar-refractivity contribution in [3.63, 3.8) is 0 Å². The summed E-state index contributed by atoms with van der Waals surface area (Å²) in [4.78, 5) is 31.5. The molecule has 0 saturated heterocycles. The maximum absolute atomic E-state index is 12.0. The second kappa shape index (κ2) is 6.44. The van der Waals surface area contributed by atoms with Crippen LogP contribution in [-0.2, 0) is 4.79 Å². The van der Waals surface area contributed by atoms with Crippen LogP contribution < -0.4 is 11.3 Å². The standard InChI is InChI=1S/C11H18N4O2S/c1-4-15(5-2)10(17)7(3)18-11-13-8(12)6-9(16)14-11/h6-7H,4-5H2,1-3H3,(H3,12,13,14,16). The van der Waals surface area contributed by atoms with Crippen LogP contribution in [0.15, 0.2) is 16.0 Å². The van der Waals surface area contributed by atoms with Crippen LogP contribution in [0.25, 0.3) is 0 Å².